The fraction of sp³-hybridized carbons (Fsp3) is 0.0667. The van der Waals surface area contributed by atoms with Crippen LogP contribution in [0.15, 0.2) is 40.9 Å². The molecule has 0 bridgehead atoms. The van der Waals surface area contributed by atoms with Crippen LogP contribution < -0.4 is 11.1 Å². The first-order valence-electron chi connectivity index (χ1n) is 6.36. The van der Waals surface area contributed by atoms with Gasteiger partial charge in [-0.1, -0.05) is 28.1 Å². The number of halogens is 1. The van der Waals surface area contributed by atoms with E-state index in [1.54, 1.807) is 6.92 Å². The molecule has 1 aromatic heterocycles. The fourth-order valence-electron chi connectivity index (χ4n) is 2.22. The normalized spacial score (nSPS) is 10.8. The summed E-state index contributed by atoms with van der Waals surface area (Å²) in [5, 5.41) is 11.5. The van der Waals surface area contributed by atoms with Gasteiger partial charge in [-0.3, -0.25) is 9.89 Å². The van der Waals surface area contributed by atoms with Crippen LogP contribution in [0.5, 0.6) is 0 Å². The van der Waals surface area contributed by atoms with Crippen molar-refractivity contribution in [1.82, 2.24) is 10.2 Å². The van der Waals surface area contributed by atoms with Crippen LogP contribution in [-0.4, -0.2) is 16.1 Å². The SMILES string of the molecule is Cc1[nH]nc(N)c1C(=O)Nc1ccc2cc(Br)ccc2c1. The zero-order chi connectivity index (χ0) is 15.0. The number of aromatic amines is 1. The number of hydrogen-bond donors (Lipinski definition) is 3. The molecule has 1 amide bonds. The molecule has 106 valence electrons. The Labute approximate surface area is 129 Å². The third-order valence-corrected chi connectivity index (χ3v) is 3.76. The molecule has 0 spiro atoms. The van der Waals surface area contributed by atoms with Crippen LogP contribution in [0.25, 0.3) is 10.8 Å². The summed E-state index contributed by atoms with van der Waals surface area (Å²) < 4.78 is 1.02. The number of carbonyl (C=O) groups is 1. The number of hydrogen-bond acceptors (Lipinski definition) is 3. The molecule has 3 aromatic rings. The molecule has 0 aliphatic carbocycles. The molecule has 5 nitrogen and oxygen atoms in total. The Morgan fingerprint density at radius 2 is 1.95 bits per heavy atom. The van der Waals surface area contributed by atoms with E-state index in [-0.39, 0.29) is 11.7 Å². The van der Waals surface area contributed by atoms with Crippen LogP contribution in [0.3, 0.4) is 0 Å². The number of aryl methyl sites for hydroxylation is 1. The van der Waals surface area contributed by atoms with E-state index < -0.39 is 0 Å². The predicted molar refractivity (Wildman–Crippen MR) is 87.3 cm³/mol. The molecule has 0 saturated heterocycles. The van der Waals surface area contributed by atoms with Gasteiger partial charge >= 0.3 is 0 Å². The lowest BCUT2D eigenvalue weighted by Crippen LogP contribution is -2.14. The van der Waals surface area contributed by atoms with Gasteiger partial charge in [0.25, 0.3) is 5.91 Å². The quantitative estimate of drug-likeness (QED) is 0.665. The highest BCUT2D eigenvalue weighted by molar-refractivity contribution is 9.10. The Kier molecular flexibility index (Phi) is 3.39. The molecule has 21 heavy (non-hydrogen) atoms. The first kappa shape index (κ1) is 13.6. The van der Waals surface area contributed by atoms with E-state index >= 15 is 0 Å². The Morgan fingerprint density at radius 3 is 2.67 bits per heavy atom. The summed E-state index contributed by atoms with van der Waals surface area (Å²) in [5.41, 5.74) is 7.44. The topological polar surface area (TPSA) is 83.8 Å². The summed E-state index contributed by atoms with van der Waals surface area (Å²) in [6.45, 7) is 1.76. The average Bonchev–Trinajstić information content (AvgIpc) is 2.78. The Hall–Kier alpha value is -2.34. The van der Waals surface area contributed by atoms with Gasteiger partial charge in [0, 0.05) is 15.9 Å². The maximum atomic E-state index is 12.2. The van der Waals surface area contributed by atoms with Crippen molar-refractivity contribution < 1.29 is 4.79 Å². The molecular weight excluding hydrogens is 332 g/mol. The van der Waals surface area contributed by atoms with Crippen LogP contribution in [0.4, 0.5) is 11.5 Å². The van der Waals surface area contributed by atoms with Crippen LogP contribution >= 0.6 is 15.9 Å². The van der Waals surface area contributed by atoms with Crippen molar-refractivity contribution in [2.75, 3.05) is 11.1 Å². The monoisotopic (exact) mass is 344 g/mol. The van der Waals surface area contributed by atoms with Crippen molar-refractivity contribution in [3.05, 3.63) is 52.1 Å². The lowest BCUT2D eigenvalue weighted by molar-refractivity contribution is 0.102. The highest BCUT2D eigenvalue weighted by atomic mass is 79.9. The van der Waals surface area contributed by atoms with Crippen molar-refractivity contribution in [2.45, 2.75) is 6.92 Å². The predicted octanol–water partition coefficient (Wildman–Crippen LogP) is 3.47. The van der Waals surface area contributed by atoms with Gasteiger partial charge in [-0.25, -0.2) is 0 Å². The number of nitrogens with one attached hydrogen (secondary N) is 2. The Morgan fingerprint density at radius 1 is 1.24 bits per heavy atom. The molecule has 0 fully saturated rings. The van der Waals surface area contributed by atoms with Crippen molar-refractivity contribution in [3.63, 3.8) is 0 Å². The van der Waals surface area contributed by atoms with Crippen LogP contribution in [0.1, 0.15) is 16.1 Å². The van der Waals surface area contributed by atoms with Crippen molar-refractivity contribution >= 4 is 44.1 Å². The van der Waals surface area contributed by atoms with Crippen molar-refractivity contribution in [2.24, 2.45) is 0 Å². The van der Waals surface area contributed by atoms with E-state index in [0.29, 0.717) is 11.3 Å². The molecule has 2 aromatic carbocycles. The molecule has 0 saturated carbocycles. The van der Waals surface area contributed by atoms with E-state index in [1.807, 2.05) is 36.4 Å². The summed E-state index contributed by atoms with van der Waals surface area (Å²) in [6, 6.07) is 11.7. The minimum atomic E-state index is -0.268. The van der Waals surface area contributed by atoms with Gasteiger partial charge in [-0.15, -0.1) is 0 Å². The first-order valence-corrected chi connectivity index (χ1v) is 7.15. The lowest BCUT2D eigenvalue weighted by Gasteiger charge is -2.07. The van der Waals surface area contributed by atoms with Gasteiger partial charge in [0.2, 0.25) is 0 Å². The summed E-state index contributed by atoms with van der Waals surface area (Å²) in [4.78, 5) is 12.2. The fourth-order valence-corrected chi connectivity index (χ4v) is 2.60. The van der Waals surface area contributed by atoms with Gasteiger partial charge in [0.1, 0.15) is 5.56 Å². The number of nitrogens with two attached hydrogens (primary N) is 1. The van der Waals surface area contributed by atoms with Gasteiger partial charge in [0.05, 0.1) is 0 Å². The second kappa shape index (κ2) is 5.21. The molecule has 1 heterocycles. The zero-order valence-electron chi connectivity index (χ0n) is 11.3. The van der Waals surface area contributed by atoms with E-state index in [2.05, 4.69) is 31.4 Å². The van der Waals surface area contributed by atoms with Gasteiger partial charge < -0.3 is 11.1 Å². The minimum Gasteiger partial charge on any atom is -0.382 e. The number of fused-ring (bicyclic) bond motifs is 1. The standard InChI is InChI=1S/C15H13BrN4O/c1-8-13(14(17)20-19-8)15(21)18-12-5-3-9-6-11(16)4-2-10(9)7-12/h2-7H,1H3,(H,18,21)(H3,17,19,20). The molecule has 0 radical (unpaired) electrons. The van der Waals surface area contributed by atoms with Gasteiger partial charge in [-0.05, 0) is 42.0 Å². The molecular formula is C15H13BrN4O. The number of nitrogen functional groups attached to an aromatic ring is 1. The number of carbonyl (C=O) groups excluding carboxylic acids is 1. The third-order valence-electron chi connectivity index (χ3n) is 3.26. The van der Waals surface area contributed by atoms with E-state index in [0.717, 1.165) is 20.9 Å². The number of amides is 1. The molecule has 6 heteroatoms. The lowest BCUT2D eigenvalue weighted by atomic mass is 10.1. The second-order valence-corrected chi connectivity index (χ2v) is 5.68. The van der Waals surface area contributed by atoms with Crippen molar-refractivity contribution in [1.29, 1.82) is 0 Å². The number of anilines is 2. The van der Waals surface area contributed by atoms with E-state index in [9.17, 15) is 4.79 Å². The maximum Gasteiger partial charge on any atom is 0.261 e. The molecule has 0 aliphatic rings. The number of benzene rings is 2. The highest BCUT2D eigenvalue weighted by Crippen LogP contribution is 2.24. The Bertz CT molecular complexity index is 821. The molecule has 4 N–H and O–H groups in total. The maximum absolute atomic E-state index is 12.2. The third kappa shape index (κ3) is 2.62. The van der Waals surface area contributed by atoms with Crippen LogP contribution in [0, 0.1) is 6.92 Å². The zero-order valence-corrected chi connectivity index (χ0v) is 12.9. The molecule has 0 aliphatic heterocycles. The number of rotatable bonds is 2. The number of H-pyrrole nitrogens is 1. The molecule has 3 rings (SSSR count). The summed E-state index contributed by atoms with van der Waals surface area (Å²) in [6.07, 6.45) is 0. The largest absolute Gasteiger partial charge is 0.382 e. The summed E-state index contributed by atoms with van der Waals surface area (Å²) in [7, 11) is 0. The van der Waals surface area contributed by atoms with Crippen LogP contribution in [-0.2, 0) is 0 Å². The van der Waals surface area contributed by atoms with Gasteiger partial charge in [0.15, 0.2) is 5.82 Å². The molecule has 0 unspecified atom stereocenters. The van der Waals surface area contributed by atoms with Crippen LogP contribution in [0.2, 0.25) is 0 Å². The van der Waals surface area contributed by atoms with E-state index in [1.165, 1.54) is 0 Å². The van der Waals surface area contributed by atoms with Crippen molar-refractivity contribution in [3.8, 4) is 0 Å². The first-order chi connectivity index (χ1) is 10.0. The summed E-state index contributed by atoms with van der Waals surface area (Å²) in [5.74, 6) is -0.0649. The van der Waals surface area contributed by atoms with Gasteiger partial charge in [-0.2, -0.15) is 5.10 Å². The summed E-state index contributed by atoms with van der Waals surface area (Å²) >= 11 is 3.44. The number of aromatic nitrogens is 2. The highest BCUT2D eigenvalue weighted by Gasteiger charge is 2.16. The minimum absolute atomic E-state index is 0.203. The Balaban J connectivity index is 1.91. The second-order valence-electron chi connectivity index (χ2n) is 4.77. The van der Waals surface area contributed by atoms with E-state index in [4.69, 9.17) is 5.73 Å². The average molecular weight is 345 g/mol. The molecule has 0 atom stereocenters. The smallest absolute Gasteiger partial charge is 0.261 e. The number of nitrogens with zero attached hydrogens (tertiary/aromatic N) is 1.